The van der Waals surface area contributed by atoms with Crippen molar-refractivity contribution in [2.45, 2.75) is 20.8 Å². The summed E-state index contributed by atoms with van der Waals surface area (Å²) in [6, 6.07) is 0. The molecule has 0 fully saturated rings. The van der Waals surface area contributed by atoms with Gasteiger partial charge in [-0.05, 0) is 5.92 Å². The molecule has 12 heavy (non-hydrogen) atoms. The molecular formula is C9H16N2O. The first-order valence-corrected chi connectivity index (χ1v) is 3.95. The SMILES string of the molecule is C=C1NC=CC(=O)N1.CC(C)C. The van der Waals surface area contributed by atoms with E-state index in [1.807, 2.05) is 0 Å². The van der Waals surface area contributed by atoms with Crippen molar-refractivity contribution in [2.24, 2.45) is 5.92 Å². The van der Waals surface area contributed by atoms with Crippen LogP contribution in [0.1, 0.15) is 20.8 Å². The molecule has 0 saturated carbocycles. The van der Waals surface area contributed by atoms with Crippen molar-refractivity contribution in [1.82, 2.24) is 10.6 Å². The van der Waals surface area contributed by atoms with Crippen LogP contribution in [0.25, 0.3) is 0 Å². The zero-order valence-electron chi connectivity index (χ0n) is 7.85. The van der Waals surface area contributed by atoms with Crippen LogP contribution in [0.4, 0.5) is 0 Å². The lowest BCUT2D eigenvalue weighted by Crippen LogP contribution is -2.30. The van der Waals surface area contributed by atoms with Gasteiger partial charge in [0, 0.05) is 12.3 Å². The lowest BCUT2D eigenvalue weighted by Gasteiger charge is -2.08. The van der Waals surface area contributed by atoms with Crippen molar-refractivity contribution < 1.29 is 4.79 Å². The minimum absolute atomic E-state index is 0.131. The first-order chi connectivity index (χ1) is 5.52. The van der Waals surface area contributed by atoms with E-state index in [4.69, 9.17) is 0 Å². The molecule has 0 radical (unpaired) electrons. The Hall–Kier alpha value is -1.25. The van der Waals surface area contributed by atoms with Gasteiger partial charge in [0.25, 0.3) is 5.91 Å². The van der Waals surface area contributed by atoms with E-state index in [1.54, 1.807) is 6.20 Å². The fourth-order valence-electron chi connectivity index (χ4n) is 0.444. The Labute approximate surface area is 73.5 Å². The zero-order valence-corrected chi connectivity index (χ0v) is 7.85. The van der Waals surface area contributed by atoms with Crippen molar-refractivity contribution in [3.8, 4) is 0 Å². The molecule has 0 aromatic heterocycles. The largest absolute Gasteiger partial charge is 0.348 e. The van der Waals surface area contributed by atoms with Crippen LogP contribution in [0.5, 0.6) is 0 Å². The molecule has 0 aromatic rings. The standard InChI is InChI=1S/C5H6N2O.C4H10/c1-4-6-3-2-5(8)7-4;1-4(2)3/h2-3,6H,1H2,(H,7,8);4H,1-3H3. The van der Waals surface area contributed by atoms with Crippen LogP contribution in [-0.2, 0) is 4.79 Å². The highest BCUT2D eigenvalue weighted by molar-refractivity contribution is 5.89. The van der Waals surface area contributed by atoms with Gasteiger partial charge in [-0.1, -0.05) is 27.4 Å². The van der Waals surface area contributed by atoms with Gasteiger partial charge >= 0.3 is 0 Å². The highest BCUT2D eigenvalue weighted by atomic mass is 16.1. The molecule has 3 nitrogen and oxygen atoms in total. The third-order valence-electron chi connectivity index (χ3n) is 0.766. The average molecular weight is 168 g/mol. The summed E-state index contributed by atoms with van der Waals surface area (Å²) < 4.78 is 0. The Bertz CT molecular complexity index is 192. The molecule has 1 heterocycles. The summed E-state index contributed by atoms with van der Waals surface area (Å²) in [6.45, 7) is 9.97. The maximum absolute atomic E-state index is 10.4. The van der Waals surface area contributed by atoms with E-state index < -0.39 is 0 Å². The van der Waals surface area contributed by atoms with Crippen molar-refractivity contribution >= 4 is 5.91 Å². The Morgan fingerprint density at radius 3 is 2.17 bits per heavy atom. The number of rotatable bonds is 0. The van der Waals surface area contributed by atoms with Crippen molar-refractivity contribution in [1.29, 1.82) is 0 Å². The van der Waals surface area contributed by atoms with Gasteiger partial charge in [-0.2, -0.15) is 0 Å². The lowest BCUT2D eigenvalue weighted by atomic mass is 10.3. The van der Waals surface area contributed by atoms with Gasteiger partial charge in [-0.25, -0.2) is 0 Å². The average Bonchev–Trinajstić information content (AvgIpc) is 1.84. The topological polar surface area (TPSA) is 41.1 Å². The minimum Gasteiger partial charge on any atom is -0.348 e. The molecule has 68 valence electrons. The lowest BCUT2D eigenvalue weighted by molar-refractivity contribution is -0.116. The second kappa shape index (κ2) is 5.41. The summed E-state index contributed by atoms with van der Waals surface area (Å²) in [7, 11) is 0. The van der Waals surface area contributed by atoms with E-state index >= 15 is 0 Å². The fraction of sp³-hybridized carbons (Fsp3) is 0.444. The molecular weight excluding hydrogens is 152 g/mol. The van der Waals surface area contributed by atoms with Gasteiger partial charge < -0.3 is 10.6 Å². The van der Waals surface area contributed by atoms with Crippen LogP contribution in [0, 0.1) is 5.92 Å². The molecule has 0 aliphatic carbocycles. The van der Waals surface area contributed by atoms with Crippen molar-refractivity contribution in [2.75, 3.05) is 0 Å². The molecule has 0 unspecified atom stereocenters. The number of hydrogen-bond donors (Lipinski definition) is 2. The highest BCUT2D eigenvalue weighted by Gasteiger charge is 1.99. The summed E-state index contributed by atoms with van der Waals surface area (Å²) >= 11 is 0. The Morgan fingerprint density at radius 2 is 1.92 bits per heavy atom. The van der Waals surface area contributed by atoms with Gasteiger partial charge in [-0.3, -0.25) is 4.79 Å². The monoisotopic (exact) mass is 168 g/mol. The third-order valence-corrected chi connectivity index (χ3v) is 0.766. The molecule has 3 heteroatoms. The number of carbonyl (C=O) groups excluding carboxylic acids is 1. The Morgan fingerprint density at radius 1 is 1.42 bits per heavy atom. The normalized spacial score (nSPS) is 14.7. The van der Waals surface area contributed by atoms with E-state index in [0.29, 0.717) is 5.82 Å². The molecule has 0 atom stereocenters. The maximum Gasteiger partial charge on any atom is 0.250 e. The van der Waals surface area contributed by atoms with Crippen LogP contribution >= 0.6 is 0 Å². The van der Waals surface area contributed by atoms with Crippen LogP contribution in [0.2, 0.25) is 0 Å². The van der Waals surface area contributed by atoms with Gasteiger partial charge in [0.2, 0.25) is 0 Å². The number of amides is 1. The molecule has 0 bridgehead atoms. The summed E-state index contributed by atoms with van der Waals surface area (Å²) in [5.41, 5.74) is 0. The second-order valence-electron chi connectivity index (χ2n) is 3.18. The predicted molar refractivity (Wildman–Crippen MR) is 50.1 cm³/mol. The van der Waals surface area contributed by atoms with Crippen molar-refractivity contribution in [3.63, 3.8) is 0 Å². The van der Waals surface area contributed by atoms with Crippen LogP contribution in [0.15, 0.2) is 24.7 Å². The van der Waals surface area contributed by atoms with Crippen LogP contribution in [-0.4, -0.2) is 5.91 Å². The van der Waals surface area contributed by atoms with Gasteiger partial charge in [0.05, 0.1) is 0 Å². The summed E-state index contributed by atoms with van der Waals surface area (Å²) in [5, 5.41) is 5.15. The smallest absolute Gasteiger partial charge is 0.250 e. The molecule has 2 N–H and O–H groups in total. The third kappa shape index (κ3) is 6.86. The van der Waals surface area contributed by atoms with E-state index in [9.17, 15) is 4.79 Å². The van der Waals surface area contributed by atoms with Crippen molar-refractivity contribution in [3.05, 3.63) is 24.7 Å². The van der Waals surface area contributed by atoms with Crippen LogP contribution < -0.4 is 10.6 Å². The van der Waals surface area contributed by atoms with E-state index in [2.05, 4.69) is 38.0 Å². The zero-order chi connectivity index (χ0) is 9.56. The predicted octanol–water partition coefficient (Wildman–Crippen LogP) is 1.35. The summed E-state index contributed by atoms with van der Waals surface area (Å²) in [5.74, 6) is 1.23. The fourth-order valence-corrected chi connectivity index (χ4v) is 0.444. The van der Waals surface area contributed by atoms with Gasteiger partial charge in [-0.15, -0.1) is 0 Å². The first-order valence-electron chi connectivity index (χ1n) is 3.95. The summed E-state index contributed by atoms with van der Waals surface area (Å²) in [4.78, 5) is 10.4. The first kappa shape index (κ1) is 10.8. The number of hydrogen-bond acceptors (Lipinski definition) is 2. The maximum atomic E-state index is 10.4. The molecule has 1 amide bonds. The molecule has 0 saturated heterocycles. The Balaban J connectivity index is 0.000000261. The number of carbonyl (C=O) groups is 1. The number of nitrogens with one attached hydrogen (secondary N) is 2. The molecule has 0 spiro atoms. The van der Waals surface area contributed by atoms with E-state index in [1.165, 1.54) is 6.08 Å². The molecule has 0 aromatic carbocycles. The summed E-state index contributed by atoms with van der Waals surface area (Å²) in [6.07, 6.45) is 2.94. The van der Waals surface area contributed by atoms with Gasteiger partial charge in [0.15, 0.2) is 0 Å². The molecule has 1 aliphatic rings. The molecule has 1 aliphatic heterocycles. The van der Waals surface area contributed by atoms with Gasteiger partial charge in [0.1, 0.15) is 5.82 Å². The molecule has 1 rings (SSSR count). The quantitative estimate of drug-likeness (QED) is 0.573. The Kier molecular flexibility index (Phi) is 4.84. The van der Waals surface area contributed by atoms with E-state index in [-0.39, 0.29) is 5.91 Å². The highest BCUT2D eigenvalue weighted by Crippen LogP contribution is 1.84. The minimum atomic E-state index is -0.131. The van der Waals surface area contributed by atoms with Crippen LogP contribution in [0.3, 0.4) is 0 Å². The second-order valence-corrected chi connectivity index (χ2v) is 3.18. The van der Waals surface area contributed by atoms with E-state index in [0.717, 1.165) is 5.92 Å².